The number of amides is 1. The van der Waals surface area contributed by atoms with Crippen LogP contribution < -0.4 is 0 Å². The minimum absolute atomic E-state index is 0.0163. The van der Waals surface area contributed by atoms with Crippen LogP contribution in [0.5, 0.6) is 0 Å². The Hall–Kier alpha value is -2.93. The van der Waals surface area contributed by atoms with Crippen LogP contribution in [-0.4, -0.2) is 27.0 Å². The molecule has 4 aromatic heterocycles. The summed E-state index contributed by atoms with van der Waals surface area (Å²) in [5, 5.41) is 6.73. The molecule has 0 bridgehead atoms. The van der Waals surface area contributed by atoms with Gasteiger partial charge in [-0.1, -0.05) is 11.2 Å². The maximum absolute atomic E-state index is 13.5. The van der Waals surface area contributed by atoms with E-state index >= 15 is 0 Å². The number of nitrogens with zero attached hydrogens (tertiary/aromatic N) is 3. The van der Waals surface area contributed by atoms with Gasteiger partial charge in [-0.25, -0.2) is 4.98 Å². The van der Waals surface area contributed by atoms with Crippen LogP contribution in [0.15, 0.2) is 50.9 Å². The van der Waals surface area contributed by atoms with Gasteiger partial charge >= 0.3 is 0 Å². The second kappa shape index (κ2) is 6.35. The first-order chi connectivity index (χ1) is 13.2. The summed E-state index contributed by atoms with van der Waals surface area (Å²) in [5.41, 5.74) is 2.16. The maximum atomic E-state index is 13.5. The molecule has 136 valence electrons. The van der Waals surface area contributed by atoms with Gasteiger partial charge in [-0.15, -0.1) is 11.3 Å². The summed E-state index contributed by atoms with van der Waals surface area (Å²) >= 11 is 1.67. The molecule has 0 N–H and O–H groups in total. The first-order valence-electron chi connectivity index (χ1n) is 8.85. The van der Waals surface area contributed by atoms with Crippen molar-refractivity contribution < 1.29 is 13.7 Å². The van der Waals surface area contributed by atoms with Gasteiger partial charge in [0.25, 0.3) is 11.6 Å². The molecule has 0 unspecified atom stereocenters. The zero-order chi connectivity index (χ0) is 18.4. The van der Waals surface area contributed by atoms with Gasteiger partial charge < -0.3 is 13.8 Å². The van der Waals surface area contributed by atoms with E-state index < -0.39 is 0 Å². The fourth-order valence-corrected chi connectivity index (χ4v) is 3.99. The summed E-state index contributed by atoms with van der Waals surface area (Å²) in [6.07, 6.45) is 3.67. The largest absolute Gasteiger partial charge is 0.463 e. The van der Waals surface area contributed by atoms with Crippen LogP contribution in [0.1, 0.15) is 33.8 Å². The maximum Gasteiger partial charge on any atom is 0.259 e. The van der Waals surface area contributed by atoms with E-state index in [-0.39, 0.29) is 11.9 Å². The number of pyridine rings is 1. The molecular weight excluding hydrogens is 362 g/mol. The highest BCUT2D eigenvalue weighted by Crippen LogP contribution is 2.34. The van der Waals surface area contributed by atoms with Crippen LogP contribution in [-0.2, 0) is 6.54 Å². The second-order valence-corrected chi connectivity index (χ2v) is 7.76. The molecule has 0 radical (unpaired) electrons. The minimum atomic E-state index is -0.0163. The average Bonchev–Trinajstić information content (AvgIpc) is 3.08. The van der Waals surface area contributed by atoms with E-state index in [0.29, 0.717) is 40.4 Å². The van der Waals surface area contributed by atoms with Crippen molar-refractivity contribution in [2.24, 2.45) is 0 Å². The summed E-state index contributed by atoms with van der Waals surface area (Å²) < 4.78 is 10.8. The Morgan fingerprint density at radius 2 is 2.22 bits per heavy atom. The zero-order valence-corrected chi connectivity index (χ0v) is 15.5. The Balaban J connectivity index is 1.61. The van der Waals surface area contributed by atoms with Crippen LogP contribution in [0, 0.1) is 6.92 Å². The third-order valence-electron chi connectivity index (χ3n) is 4.78. The van der Waals surface area contributed by atoms with Gasteiger partial charge in [0.1, 0.15) is 5.69 Å². The molecule has 4 aromatic rings. The van der Waals surface area contributed by atoms with E-state index in [1.165, 1.54) is 4.88 Å². The topological polar surface area (TPSA) is 72.4 Å². The Morgan fingerprint density at radius 1 is 1.33 bits per heavy atom. The molecule has 0 aromatic carbocycles. The number of fused-ring (bicyclic) bond motifs is 1. The molecule has 4 heterocycles. The lowest BCUT2D eigenvalue weighted by Crippen LogP contribution is -2.32. The van der Waals surface area contributed by atoms with E-state index in [9.17, 15) is 4.79 Å². The smallest absolute Gasteiger partial charge is 0.259 e. The predicted octanol–water partition coefficient (Wildman–Crippen LogP) is 4.66. The van der Waals surface area contributed by atoms with Crippen LogP contribution in [0.3, 0.4) is 0 Å². The predicted molar refractivity (Wildman–Crippen MR) is 101 cm³/mol. The number of aromatic nitrogens is 2. The van der Waals surface area contributed by atoms with Crippen molar-refractivity contribution in [3.05, 3.63) is 58.1 Å². The minimum Gasteiger partial charge on any atom is -0.463 e. The van der Waals surface area contributed by atoms with E-state index in [0.717, 1.165) is 12.8 Å². The molecule has 6 nitrogen and oxygen atoms in total. The van der Waals surface area contributed by atoms with Crippen LogP contribution in [0.4, 0.5) is 0 Å². The van der Waals surface area contributed by atoms with E-state index in [1.807, 2.05) is 29.3 Å². The van der Waals surface area contributed by atoms with Gasteiger partial charge in [0.05, 0.1) is 29.5 Å². The summed E-state index contributed by atoms with van der Waals surface area (Å²) in [6, 6.07) is 9.76. The Morgan fingerprint density at radius 3 is 2.93 bits per heavy atom. The summed E-state index contributed by atoms with van der Waals surface area (Å²) in [5.74, 6) is 0.577. The number of hydrogen-bond acceptors (Lipinski definition) is 6. The van der Waals surface area contributed by atoms with Crippen molar-refractivity contribution in [2.75, 3.05) is 0 Å². The number of rotatable bonds is 5. The zero-order valence-electron chi connectivity index (χ0n) is 14.7. The Kier molecular flexibility index (Phi) is 3.82. The van der Waals surface area contributed by atoms with Crippen LogP contribution in [0.25, 0.3) is 22.6 Å². The monoisotopic (exact) mass is 379 g/mol. The van der Waals surface area contributed by atoms with E-state index in [4.69, 9.17) is 8.94 Å². The Bertz CT molecular complexity index is 1100. The summed E-state index contributed by atoms with van der Waals surface area (Å²) in [4.78, 5) is 21.2. The molecule has 0 aliphatic heterocycles. The number of carbonyl (C=O) groups is 1. The molecule has 0 spiro atoms. The lowest BCUT2D eigenvalue weighted by molar-refractivity contribution is 0.0733. The molecule has 5 rings (SSSR count). The molecule has 27 heavy (non-hydrogen) atoms. The van der Waals surface area contributed by atoms with Crippen molar-refractivity contribution in [1.29, 1.82) is 0 Å². The summed E-state index contributed by atoms with van der Waals surface area (Å²) in [7, 11) is 0. The lowest BCUT2D eigenvalue weighted by atomic mass is 10.1. The molecule has 1 amide bonds. The highest BCUT2D eigenvalue weighted by Gasteiger charge is 2.35. The number of carbonyl (C=O) groups excluding carboxylic acids is 1. The van der Waals surface area contributed by atoms with Gasteiger partial charge in [0.15, 0.2) is 5.76 Å². The SMILES string of the molecule is Cc1noc2nc(-c3ccco3)cc(C(=O)N(Cc3cccs3)C3CC3)c12. The number of aryl methyl sites for hydroxylation is 1. The first-order valence-corrected chi connectivity index (χ1v) is 9.73. The fraction of sp³-hybridized carbons (Fsp3) is 0.250. The molecule has 1 fully saturated rings. The van der Waals surface area contributed by atoms with Crippen molar-refractivity contribution in [3.63, 3.8) is 0 Å². The number of furan rings is 1. The third-order valence-corrected chi connectivity index (χ3v) is 5.64. The van der Waals surface area contributed by atoms with Crippen molar-refractivity contribution in [3.8, 4) is 11.5 Å². The van der Waals surface area contributed by atoms with Gasteiger partial charge in [0, 0.05) is 10.9 Å². The van der Waals surface area contributed by atoms with Crippen molar-refractivity contribution in [1.82, 2.24) is 15.0 Å². The van der Waals surface area contributed by atoms with Gasteiger partial charge in [0.2, 0.25) is 0 Å². The molecule has 1 saturated carbocycles. The first kappa shape index (κ1) is 16.3. The van der Waals surface area contributed by atoms with Crippen molar-refractivity contribution >= 4 is 28.3 Å². The van der Waals surface area contributed by atoms with Crippen LogP contribution >= 0.6 is 11.3 Å². The highest BCUT2D eigenvalue weighted by atomic mass is 32.1. The highest BCUT2D eigenvalue weighted by molar-refractivity contribution is 7.09. The van der Waals surface area contributed by atoms with Crippen molar-refractivity contribution in [2.45, 2.75) is 32.4 Å². The molecule has 0 saturated heterocycles. The average molecular weight is 379 g/mol. The van der Waals surface area contributed by atoms with Crippen LogP contribution in [0.2, 0.25) is 0 Å². The fourth-order valence-electron chi connectivity index (χ4n) is 3.29. The third kappa shape index (κ3) is 2.94. The van der Waals surface area contributed by atoms with E-state index in [2.05, 4.69) is 16.2 Å². The van der Waals surface area contributed by atoms with E-state index in [1.54, 1.807) is 29.7 Å². The number of thiophene rings is 1. The van der Waals surface area contributed by atoms with Gasteiger partial charge in [-0.05, 0) is 49.4 Å². The molecule has 1 aliphatic carbocycles. The molecular formula is C20H17N3O3S. The Labute approximate surface area is 159 Å². The quantitative estimate of drug-likeness (QED) is 0.504. The summed E-state index contributed by atoms with van der Waals surface area (Å²) in [6.45, 7) is 2.45. The second-order valence-electron chi connectivity index (χ2n) is 6.72. The van der Waals surface area contributed by atoms with Gasteiger partial charge in [-0.3, -0.25) is 4.79 Å². The number of hydrogen-bond donors (Lipinski definition) is 0. The standard InChI is InChI=1S/C20H17N3O3S/c1-12-18-15(10-16(17-5-2-8-25-17)21-19(18)26-22-12)20(24)23(13-6-7-13)11-14-4-3-9-27-14/h2-5,8-10,13H,6-7,11H2,1H3. The molecule has 0 atom stereocenters. The normalized spacial score (nSPS) is 14.0. The molecule has 1 aliphatic rings. The van der Waals surface area contributed by atoms with Gasteiger partial charge in [-0.2, -0.15) is 0 Å². The lowest BCUT2D eigenvalue weighted by Gasteiger charge is -2.22. The molecule has 7 heteroatoms.